The lowest BCUT2D eigenvalue weighted by atomic mass is 10.1. The average molecular weight is 286 g/mol. The van der Waals surface area contributed by atoms with Crippen molar-refractivity contribution in [1.82, 2.24) is 4.98 Å². The molecule has 2 rings (SSSR count). The number of anilines is 2. The van der Waals surface area contributed by atoms with Crippen molar-refractivity contribution < 1.29 is 14.6 Å². The fraction of sp³-hybridized carbons (Fsp3) is 0.250. The second-order valence-corrected chi connectivity index (χ2v) is 4.81. The van der Waals surface area contributed by atoms with Gasteiger partial charge in [-0.2, -0.15) is 0 Å². The number of aromatic nitrogens is 1. The quantitative estimate of drug-likeness (QED) is 0.935. The van der Waals surface area contributed by atoms with Gasteiger partial charge in [0.15, 0.2) is 0 Å². The van der Waals surface area contributed by atoms with Crippen molar-refractivity contribution in [2.75, 3.05) is 19.1 Å². The summed E-state index contributed by atoms with van der Waals surface area (Å²) in [5.74, 6) is -0.219. The highest BCUT2D eigenvalue weighted by Gasteiger charge is 2.19. The molecule has 0 radical (unpaired) electrons. The average Bonchev–Trinajstić information content (AvgIpc) is 2.45. The third-order valence-corrected chi connectivity index (χ3v) is 3.34. The van der Waals surface area contributed by atoms with Gasteiger partial charge in [-0.25, -0.2) is 4.79 Å². The zero-order valence-electron chi connectivity index (χ0n) is 12.5. The molecule has 1 N–H and O–H groups in total. The van der Waals surface area contributed by atoms with Gasteiger partial charge >= 0.3 is 5.97 Å². The van der Waals surface area contributed by atoms with E-state index in [1.54, 1.807) is 20.1 Å². The Hall–Kier alpha value is -2.56. The summed E-state index contributed by atoms with van der Waals surface area (Å²) in [4.78, 5) is 17.6. The summed E-state index contributed by atoms with van der Waals surface area (Å²) < 4.78 is 5.13. The number of aromatic carboxylic acids is 1. The summed E-state index contributed by atoms with van der Waals surface area (Å²) in [6.45, 7) is 3.56. The first kappa shape index (κ1) is 14.8. The monoisotopic (exact) mass is 286 g/mol. The van der Waals surface area contributed by atoms with E-state index >= 15 is 0 Å². The number of carboxylic acid groups (broad SMARTS) is 1. The van der Waals surface area contributed by atoms with Crippen LogP contribution in [0.3, 0.4) is 0 Å². The van der Waals surface area contributed by atoms with Crippen LogP contribution in [0.1, 0.15) is 21.7 Å². The summed E-state index contributed by atoms with van der Waals surface area (Å²) >= 11 is 0. The number of aryl methyl sites for hydroxylation is 2. The van der Waals surface area contributed by atoms with Crippen LogP contribution >= 0.6 is 0 Å². The summed E-state index contributed by atoms with van der Waals surface area (Å²) in [6.07, 6.45) is 0. The van der Waals surface area contributed by atoms with Gasteiger partial charge in [0, 0.05) is 18.4 Å². The molecule has 0 fully saturated rings. The molecule has 0 spiro atoms. The molecule has 1 heterocycles. The predicted molar refractivity (Wildman–Crippen MR) is 81.7 cm³/mol. The number of rotatable bonds is 4. The number of carbonyl (C=O) groups is 1. The van der Waals surface area contributed by atoms with Crippen LogP contribution in [0.2, 0.25) is 0 Å². The summed E-state index contributed by atoms with van der Waals surface area (Å²) in [7, 11) is 3.44. The summed E-state index contributed by atoms with van der Waals surface area (Å²) in [6, 6.07) is 9.23. The maximum absolute atomic E-state index is 11.5. The van der Waals surface area contributed by atoms with Crippen LogP contribution in [-0.4, -0.2) is 30.2 Å². The molecule has 0 amide bonds. The number of pyridine rings is 1. The number of benzene rings is 1. The third kappa shape index (κ3) is 2.97. The molecule has 0 bridgehead atoms. The number of hydrogen-bond donors (Lipinski definition) is 1. The van der Waals surface area contributed by atoms with Crippen molar-refractivity contribution in [2.45, 2.75) is 13.8 Å². The van der Waals surface area contributed by atoms with E-state index in [0.29, 0.717) is 11.4 Å². The van der Waals surface area contributed by atoms with Gasteiger partial charge in [0.25, 0.3) is 0 Å². The van der Waals surface area contributed by atoms with Gasteiger partial charge in [0.05, 0.1) is 18.5 Å². The van der Waals surface area contributed by atoms with Gasteiger partial charge in [-0.15, -0.1) is 0 Å². The molecule has 0 aliphatic heterocycles. The summed E-state index contributed by atoms with van der Waals surface area (Å²) in [5.41, 5.74) is 3.02. The van der Waals surface area contributed by atoms with E-state index in [9.17, 15) is 9.90 Å². The fourth-order valence-electron chi connectivity index (χ4n) is 2.28. The summed E-state index contributed by atoms with van der Waals surface area (Å²) in [5, 5.41) is 9.43. The van der Waals surface area contributed by atoms with Gasteiger partial charge in [-0.3, -0.25) is 4.98 Å². The molecule has 0 atom stereocenters. The minimum absolute atomic E-state index is 0.221. The zero-order chi connectivity index (χ0) is 15.6. The third-order valence-electron chi connectivity index (χ3n) is 3.34. The van der Waals surface area contributed by atoms with Gasteiger partial charge in [0.1, 0.15) is 11.3 Å². The largest absolute Gasteiger partial charge is 0.497 e. The Morgan fingerprint density at radius 2 is 1.86 bits per heavy atom. The SMILES string of the molecule is COc1ccc(N(C)c2cc(C)nc(C)c2C(=O)O)cc1. The number of methoxy groups -OCH3 is 1. The lowest BCUT2D eigenvalue weighted by Crippen LogP contribution is -2.16. The first-order valence-corrected chi connectivity index (χ1v) is 6.53. The molecular weight excluding hydrogens is 268 g/mol. The number of nitrogens with zero attached hydrogens (tertiary/aromatic N) is 2. The number of ether oxygens (including phenoxy) is 1. The predicted octanol–water partition coefficient (Wildman–Crippen LogP) is 3.17. The van der Waals surface area contributed by atoms with Crippen LogP contribution in [0.5, 0.6) is 5.75 Å². The van der Waals surface area contributed by atoms with Crippen molar-refractivity contribution in [3.63, 3.8) is 0 Å². The second-order valence-electron chi connectivity index (χ2n) is 4.81. The molecule has 1 aromatic carbocycles. The standard InChI is InChI=1S/C16H18N2O3/c1-10-9-14(15(16(19)20)11(2)17-10)18(3)12-5-7-13(21-4)8-6-12/h5-9H,1-4H3,(H,19,20). The fourth-order valence-corrected chi connectivity index (χ4v) is 2.28. The van der Waals surface area contributed by atoms with Gasteiger partial charge in [-0.05, 0) is 44.2 Å². The van der Waals surface area contributed by atoms with Crippen molar-refractivity contribution in [3.05, 3.63) is 47.3 Å². The van der Waals surface area contributed by atoms with Crippen molar-refractivity contribution in [1.29, 1.82) is 0 Å². The highest BCUT2D eigenvalue weighted by Crippen LogP contribution is 2.30. The Labute approximate surface area is 123 Å². The van der Waals surface area contributed by atoms with E-state index in [-0.39, 0.29) is 5.56 Å². The molecular formula is C16H18N2O3. The highest BCUT2D eigenvalue weighted by molar-refractivity contribution is 5.96. The Kier molecular flexibility index (Phi) is 4.12. The molecule has 21 heavy (non-hydrogen) atoms. The van der Waals surface area contributed by atoms with Crippen LogP contribution in [0, 0.1) is 13.8 Å². The lowest BCUT2D eigenvalue weighted by Gasteiger charge is -2.23. The smallest absolute Gasteiger partial charge is 0.339 e. The van der Waals surface area contributed by atoms with Crippen molar-refractivity contribution in [2.24, 2.45) is 0 Å². The Bertz CT molecular complexity index is 666. The molecule has 0 aliphatic carbocycles. The van der Waals surface area contributed by atoms with E-state index in [1.165, 1.54) is 0 Å². The van der Waals surface area contributed by atoms with E-state index < -0.39 is 5.97 Å². The molecule has 5 nitrogen and oxygen atoms in total. The number of hydrogen-bond acceptors (Lipinski definition) is 4. The maximum atomic E-state index is 11.5. The number of carboxylic acids is 1. The minimum atomic E-state index is -0.977. The van der Waals surface area contributed by atoms with Crippen LogP contribution in [0.15, 0.2) is 30.3 Å². The maximum Gasteiger partial charge on any atom is 0.339 e. The van der Waals surface area contributed by atoms with Gasteiger partial charge < -0.3 is 14.7 Å². The van der Waals surface area contributed by atoms with Gasteiger partial charge in [0.2, 0.25) is 0 Å². The van der Waals surface area contributed by atoms with Gasteiger partial charge in [-0.1, -0.05) is 0 Å². The molecule has 5 heteroatoms. The zero-order valence-corrected chi connectivity index (χ0v) is 12.5. The molecule has 0 unspecified atom stereocenters. The normalized spacial score (nSPS) is 10.3. The Morgan fingerprint density at radius 1 is 1.24 bits per heavy atom. The molecule has 2 aromatic rings. The molecule has 110 valence electrons. The van der Waals surface area contributed by atoms with Crippen LogP contribution in [-0.2, 0) is 0 Å². The molecule has 0 saturated carbocycles. The van der Waals surface area contributed by atoms with E-state index in [1.807, 2.05) is 43.1 Å². The van der Waals surface area contributed by atoms with Crippen LogP contribution < -0.4 is 9.64 Å². The van der Waals surface area contributed by atoms with Crippen molar-refractivity contribution >= 4 is 17.3 Å². The van der Waals surface area contributed by atoms with E-state index in [4.69, 9.17) is 4.74 Å². The Morgan fingerprint density at radius 3 is 2.38 bits per heavy atom. The van der Waals surface area contributed by atoms with Crippen LogP contribution in [0.25, 0.3) is 0 Å². The second kappa shape index (κ2) is 5.83. The van der Waals surface area contributed by atoms with Crippen molar-refractivity contribution in [3.8, 4) is 5.75 Å². The minimum Gasteiger partial charge on any atom is -0.497 e. The Balaban J connectivity index is 2.51. The molecule has 1 aromatic heterocycles. The molecule has 0 saturated heterocycles. The first-order valence-electron chi connectivity index (χ1n) is 6.53. The molecule has 0 aliphatic rings. The van der Waals surface area contributed by atoms with Crippen LogP contribution in [0.4, 0.5) is 11.4 Å². The lowest BCUT2D eigenvalue weighted by molar-refractivity contribution is 0.0696. The van der Waals surface area contributed by atoms with E-state index in [2.05, 4.69) is 4.98 Å². The topological polar surface area (TPSA) is 62.7 Å². The highest BCUT2D eigenvalue weighted by atomic mass is 16.5. The first-order chi connectivity index (χ1) is 9.93. The van der Waals surface area contributed by atoms with E-state index in [0.717, 1.165) is 17.1 Å².